The maximum absolute atomic E-state index is 5.22. The zero-order valence-electron chi connectivity index (χ0n) is 11.7. The molecule has 0 aliphatic carbocycles. The molecule has 5 heteroatoms. The summed E-state index contributed by atoms with van der Waals surface area (Å²) in [6.07, 6.45) is 2.15. The molecule has 0 saturated heterocycles. The molecule has 4 nitrogen and oxygen atoms in total. The van der Waals surface area contributed by atoms with Crippen LogP contribution in [0.25, 0.3) is 4.96 Å². The third-order valence-electron chi connectivity index (χ3n) is 2.98. The smallest absolute Gasteiger partial charge is 0.194 e. The molecule has 2 heterocycles. The second-order valence-corrected chi connectivity index (χ2v) is 6.52. The van der Waals surface area contributed by atoms with Crippen molar-refractivity contribution in [3.63, 3.8) is 0 Å². The number of fused-ring (bicyclic) bond motifs is 1. The topological polar surface area (TPSA) is 38.6 Å². The number of hydrogen-bond donors (Lipinski definition) is 1. The lowest BCUT2D eigenvalue weighted by Gasteiger charge is -2.25. The van der Waals surface area contributed by atoms with Crippen molar-refractivity contribution in [2.45, 2.75) is 39.8 Å². The van der Waals surface area contributed by atoms with Crippen LogP contribution in [0.3, 0.4) is 0 Å². The minimum Gasteiger partial charge on any atom is -0.383 e. The van der Waals surface area contributed by atoms with E-state index < -0.39 is 0 Å². The van der Waals surface area contributed by atoms with Crippen molar-refractivity contribution in [1.82, 2.24) is 14.7 Å². The van der Waals surface area contributed by atoms with Crippen LogP contribution < -0.4 is 5.32 Å². The maximum Gasteiger partial charge on any atom is 0.194 e. The Bertz CT molecular complexity index is 542. The number of ether oxygens (including phenoxy) is 1. The summed E-state index contributed by atoms with van der Waals surface area (Å²) in [6, 6.07) is 0. The Morgan fingerprint density at radius 3 is 2.83 bits per heavy atom. The molecule has 100 valence electrons. The van der Waals surface area contributed by atoms with E-state index in [0.717, 1.165) is 17.2 Å². The first-order valence-electron chi connectivity index (χ1n) is 6.11. The quantitative estimate of drug-likeness (QED) is 0.904. The molecule has 1 N–H and O–H groups in total. The molecule has 0 fully saturated rings. The van der Waals surface area contributed by atoms with Gasteiger partial charge in [0.15, 0.2) is 4.96 Å². The minimum absolute atomic E-state index is 0.0313. The molecule has 0 spiro atoms. The molecular weight excluding hydrogens is 246 g/mol. The lowest BCUT2D eigenvalue weighted by molar-refractivity contribution is 0.127. The molecule has 18 heavy (non-hydrogen) atoms. The molecule has 0 aromatic carbocycles. The highest BCUT2D eigenvalue weighted by molar-refractivity contribution is 7.17. The van der Waals surface area contributed by atoms with Gasteiger partial charge in [-0.2, -0.15) is 0 Å². The Morgan fingerprint density at radius 2 is 2.17 bits per heavy atom. The zero-order valence-corrected chi connectivity index (χ0v) is 12.5. The van der Waals surface area contributed by atoms with Crippen molar-refractivity contribution < 1.29 is 4.74 Å². The van der Waals surface area contributed by atoms with Crippen LogP contribution in [0.4, 0.5) is 0 Å². The van der Waals surface area contributed by atoms with Crippen LogP contribution in [0.5, 0.6) is 0 Å². The predicted molar refractivity (Wildman–Crippen MR) is 75.3 cm³/mol. The van der Waals surface area contributed by atoms with E-state index >= 15 is 0 Å². The van der Waals surface area contributed by atoms with Crippen molar-refractivity contribution in [3.8, 4) is 0 Å². The van der Waals surface area contributed by atoms with Gasteiger partial charge in [-0.1, -0.05) is 0 Å². The molecule has 0 unspecified atom stereocenters. The third kappa shape index (κ3) is 2.74. The number of aromatic nitrogens is 2. The first kappa shape index (κ1) is 13.5. The summed E-state index contributed by atoms with van der Waals surface area (Å²) in [5.74, 6) is 0. The van der Waals surface area contributed by atoms with E-state index in [1.165, 1.54) is 10.6 Å². The maximum atomic E-state index is 5.22. The normalized spacial score (nSPS) is 12.5. The standard InChI is InChI=1S/C13H21N3OS/c1-9-7-16-11(10(2)15-12(16)18-9)6-14-13(3,4)8-17-5/h7,14H,6,8H2,1-5H3. The van der Waals surface area contributed by atoms with E-state index in [-0.39, 0.29) is 5.54 Å². The second-order valence-electron chi connectivity index (χ2n) is 5.31. The number of thiazole rings is 1. The van der Waals surface area contributed by atoms with Gasteiger partial charge in [0.1, 0.15) is 0 Å². The van der Waals surface area contributed by atoms with Crippen LogP contribution in [0, 0.1) is 13.8 Å². The molecule has 0 radical (unpaired) electrons. The monoisotopic (exact) mass is 267 g/mol. The fraction of sp³-hybridized carbons (Fsp3) is 0.615. The number of rotatable bonds is 5. The number of aryl methyl sites for hydroxylation is 2. The Labute approximate surface area is 112 Å². The summed E-state index contributed by atoms with van der Waals surface area (Å²) in [7, 11) is 1.73. The predicted octanol–water partition coefficient (Wildman–Crippen LogP) is 2.53. The van der Waals surface area contributed by atoms with E-state index in [9.17, 15) is 0 Å². The van der Waals surface area contributed by atoms with Gasteiger partial charge in [0.2, 0.25) is 0 Å². The Kier molecular flexibility index (Phi) is 3.75. The van der Waals surface area contributed by atoms with E-state index in [4.69, 9.17) is 4.74 Å². The van der Waals surface area contributed by atoms with Gasteiger partial charge in [-0.3, -0.25) is 4.40 Å². The fourth-order valence-corrected chi connectivity index (χ4v) is 2.95. The van der Waals surface area contributed by atoms with Crippen LogP contribution in [-0.4, -0.2) is 28.6 Å². The summed E-state index contributed by atoms with van der Waals surface area (Å²) in [4.78, 5) is 6.95. The van der Waals surface area contributed by atoms with Crippen molar-refractivity contribution in [1.29, 1.82) is 0 Å². The molecule has 2 aromatic heterocycles. The Morgan fingerprint density at radius 1 is 1.44 bits per heavy atom. The third-order valence-corrected chi connectivity index (χ3v) is 3.88. The highest BCUT2D eigenvalue weighted by Crippen LogP contribution is 2.21. The lowest BCUT2D eigenvalue weighted by atomic mass is 10.1. The minimum atomic E-state index is -0.0313. The van der Waals surface area contributed by atoms with Crippen molar-refractivity contribution >= 4 is 16.3 Å². The fourth-order valence-electron chi connectivity index (χ4n) is 2.06. The first-order chi connectivity index (χ1) is 8.43. The molecule has 0 atom stereocenters. The van der Waals surface area contributed by atoms with Gasteiger partial charge < -0.3 is 10.1 Å². The highest BCUT2D eigenvalue weighted by atomic mass is 32.1. The van der Waals surface area contributed by atoms with Gasteiger partial charge in [-0.15, -0.1) is 11.3 Å². The molecule has 2 aromatic rings. The molecule has 0 saturated carbocycles. The average molecular weight is 267 g/mol. The van der Waals surface area contributed by atoms with Gasteiger partial charge in [0.05, 0.1) is 18.0 Å². The van der Waals surface area contributed by atoms with Crippen LogP contribution >= 0.6 is 11.3 Å². The van der Waals surface area contributed by atoms with Crippen molar-refractivity contribution in [2.75, 3.05) is 13.7 Å². The molecule has 0 aliphatic heterocycles. The Hall–Kier alpha value is -0.910. The first-order valence-corrected chi connectivity index (χ1v) is 6.92. The lowest BCUT2D eigenvalue weighted by Crippen LogP contribution is -2.43. The van der Waals surface area contributed by atoms with E-state index in [0.29, 0.717) is 6.61 Å². The molecule has 0 aliphatic rings. The van der Waals surface area contributed by atoms with Gasteiger partial charge in [-0.25, -0.2) is 4.98 Å². The summed E-state index contributed by atoms with van der Waals surface area (Å²) in [6.45, 7) is 9.96. The van der Waals surface area contributed by atoms with Gasteiger partial charge in [0.25, 0.3) is 0 Å². The summed E-state index contributed by atoms with van der Waals surface area (Å²) in [5, 5.41) is 3.52. The summed E-state index contributed by atoms with van der Waals surface area (Å²) in [5.41, 5.74) is 2.30. The Balaban J connectivity index is 2.18. The van der Waals surface area contributed by atoms with Crippen LogP contribution in [0.2, 0.25) is 0 Å². The van der Waals surface area contributed by atoms with Gasteiger partial charge in [0, 0.05) is 30.3 Å². The van der Waals surface area contributed by atoms with E-state index in [2.05, 4.69) is 48.6 Å². The molecular formula is C13H21N3OS. The molecule has 2 rings (SSSR count). The highest BCUT2D eigenvalue weighted by Gasteiger charge is 2.18. The van der Waals surface area contributed by atoms with Crippen molar-refractivity contribution in [2.24, 2.45) is 0 Å². The summed E-state index contributed by atoms with van der Waals surface area (Å²) < 4.78 is 7.40. The van der Waals surface area contributed by atoms with Crippen LogP contribution in [-0.2, 0) is 11.3 Å². The largest absolute Gasteiger partial charge is 0.383 e. The number of nitrogens with one attached hydrogen (secondary N) is 1. The molecule has 0 amide bonds. The van der Waals surface area contributed by atoms with Crippen molar-refractivity contribution in [3.05, 3.63) is 22.5 Å². The average Bonchev–Trinajstić information content (AvgIpc) is 2.71. The van der Waals surface area contributed by atoms with Gasteiger partial charge in [-0.05, 0) is 27.7 Å². The second kappa shape index (κ2) is 4.99. The van der Waals surface area contributed by atoms with Crippen LogP contribution in [0.15, 0.2) is 6.20 Å². The number of hydrogen-bond acceptors (Lipinski definition) is 4. The van der Waals surface area contributed by atoms with E-state index in [1.807, 2.05) is 0 Å². The SMILES string of the molecule is COCC(C)(C)NCc1c(C)nc2sc(C)cn12. The van der Waals surface area contributed by atoms with E-state index in [1.54, 1.807) is 18.4 Å². The summed E-state index contributed by atoms with van der Waals surface area (Å²) >= 11 is 1.73. The number of nitrogens with zero attached hydrogens (tertiary/aromatic N) is 2. The number of methoxy groups -OCH3 is 1. The van der Waals surface area contributed by atoms with Gasteiger partial charge >= 0.3 is 0 Å². The van der Waals surface area contributed by atoms with Crippen LogP contribution in [0.1, 0.15) is 30.1 Å². The zero-order chi connectivity index (χ0) is 13.3. The molecule has 0 bridgehead atoms. The number of imidazole rings is 1.